The highest BCUT2D eigenvalue weighted by molar-refractivity contribution is 5.78. The standard InChI is InChI=1S/C16H29N3O/c1-19(15(11-17)14-7-8-14)12-16(20)18-10-9-13-5-3-2-4-6-13/h5,14-15H,2-4,6-12,17H2,1H3,(H,18,20). The van der Waals surface area contributed by atoms with Crippen molar-refractivity contribution in [2.45, 2.75) is 51.0 Å². The predicted molar refractivity (Wildman–Crippen MR) is 82.4 cm³/mol. The minimum absolute atomic E-state index is 0.128. The van der Waals surface area contributed by atoms with Gasteiger partial charge in [-0.1, -0.05) is 11.6 Å². The quantitative estimate of drug-likeness (QED) is 0.664. The lowest BCUT2D eigenvalue weighted by molar-refractivity contribution is -0.122. The molecule has 1 amide bonds. The number of nitrogens with zero attached hydrogens (tertiary/aromatic N) is 1. The molecule has 0 aromatic carbocycles. The van der Waals surface area contributed by atoms with Gasteiger partial charge in [-0.25, -0.2) is 0 Å². The van der Waals surface area contributed by atoms with E-state index in [1.54, 1.807) is 0 Å². The number of likely N-dealkylation sites (N-methyl/N-ethyl adjacent to an activating group) is 1. The third kappa shape index (κ3) is 4.91. The summed E-state index contributed by atoms with van der Waals surface area (Å²) in [5.41, 5.74) is 7.32. The van der Waals surface area contributed by atoms with Crippen molar-refractivity contribution in [3.05, 3.63) is 11.6 Å². The van der Waals surface area contributed by atoms with Crippen LogP contribution in [0, 0.1) is 5.92 Å². The van der Waals surface area contributed by atoms with Gasteiger partial charge in [0, 0.05) is 19.1 Å². The Morgan fingerprint density at radius 3 is 2.90 bits per heavy atom. The van der Waals surface area contributed by atoms with Crippen LogP contribution in [0.5, 0.6) is 0 Å². The lowest BCUT2D eigenvalue weighted by Gasteiger charge is -2.26. The van der Waals surface area contributed by atoms with Crippen molar-refractivity contribution in [3.63, 3.8) is 0 Å². The first-order valence-corrected chi connectivity index (χ1v) is 8.05. The largest absolute Gasteiger partial charge is 0.355 e. The lowest BCUT2D eigenvalue weighted by Crippen LogP contribution is -2.45. The molecule has 0 saturated heterocycles. The van der Waals surface area contributed by atoms with Crippen LogP contribution in [0.2, 0.25) is 0 Å². The van der Waals surface area contributed by atoms with Crippen LogP contribution in [0.3, 0.4) is 0 Å². The Kier molecular flexibility index (Phi) is 6.05. The van der Waals surface area contributed by atoms with E-state index in [1.165, 1.54) is 44.1 Å². The molecule has 0 spiro atoms. The minimum atomic E-state index is 0.128. The van der Waals surface area contributed by atoms with E-state index in [9.17, 15) is 4.79 Å². The average molecular weight is 279 g/mol. The van der Waals surface area contributed by atoms with E-state index in [0.717, 1.165) is 13.0 Å². The number of nitrogens with two attached hydrogens (primary N) is 1. The zero-order chi connectivity index (χ0) is 14.4. The molecule has 1 fully saturated rings. The third-order valence-electron chi connectivity index (χ3n) is 4.52. The number of hydrogen-bond donors (Lipinski definition) is 2. The average Bonchev–Trinajstić information content (AvgIpc) is 3.25. The molecule has 2 rings (SSSR count). The highest BCUT2D eigenvalue weighted by atomic mass is 16.2. The van der Waals surface area contributed by atoms with Crippen LogP contribution in [0.1, 0.15) is 44.9 Å². The maximum absolute atomic E-state index is 11.9. The van der Waals surface area contributed by atoms with Gasteiger partial charge in [0.25, 0.3) is 0 Å². The highest BCUT2D eigenvalue weighted by Gasteiger charge is 2.33. The van der Waals surface area contributed by atoms with Crippen LogP contribution in [0.15, 0.2) is 11.6 Å². The summed E-state index contributed by atoms with van der Waals surface area (Å²) in [6, 6.07) is 0.377. The molecule has 0 heterocycles. The van der Waals surface area contributed by atoms with Crippen molar-refractivity contribution >= 4 is 5.91 Å². The smallest absolute Gasteiger partial charge is 0.234 e. The van der Waals surface area contributed by atoms with Crippen molar-refractivity contribution < 1.29 is 4.79 Å². The van der Waals surface area contributed by atoms with Crippen LogP contribution in [-0.4, -0.2) is 43.5 Å². The molecular formula is C16H29N3O. The van der Waals surface area contributed by atoms with Crippen LogP contribution in [0.25, 0.3) is 0 Å². The molecule has 3 N–H and O–H groups in total. The molecule has 0 aromatic rings. The van der Waals surface area contributed by atoms with Gasteiger partial charge >= 0.3 is 0 Å². The number of carbonyl (C=O) groups excluding carboxylic acids is 1. The van der Waals surface area contributed by atoms with Crippen LogP contribution in [0.4, 0.5) is 0 Å². The number of allylic oxidation sites excluding steroid dienone is 1. The van der Waals surface area contributed by atoms with Gasteiger partial charge in [0.1, 0.15) is 0 Å². The summed E-state index contributed by atoms with van der Waals surface area (Å²) in [6.07, 6.45) is 10.9. The SMILES string of the molecule is CN(CC(=O)NCCC1=CCCCC1)C(CN)C1CC1. The molecular weight excluding hydrogens is 250 g/mol. The first kappa shape index (κ1) is 15.5. The fourth-order valence-corrected chi connectivity index (χ4v) is 3.11. The second-order valence-electron chi connectivity index (χ2n) is 6.26. The van der Waals surface area contributed by atoms with Gasteiger partial charge in [0.15, 0.2) is 0 Å². The monoisotopic (exact) mass is 279 g/mol. The summed E-state index contributed by atoms with van der Waals surface area (Å²) in [5, 5.41) is 3.04. The van der Waals surface area contributed by atoms with Gasteiger partial charge in [-0.2, -0.15) is 0 Å². The molecule has 0 radical (unpaired) electrons. The van der Waals surface area contributed by atoms with Gasteiger partial charge in [0.05, 0.1) is 6.54 Å². The van der Waals surface area contributed by atoms with E-state index in [1.807, 2.05) is 7.05 Å². The maximum atomic E-state index is 11.9. The van der Waals surface area contributed by atoms with E-state index in [-0.39, 0.29) is 5.91 Å². The Bertz CT molecular complexity index is 350. The lowest BCUT2D eigenvalue weighted by atomic mass is 9.97. The first-order valence-electron chi connectivity index (χ1n) is 8.05. The molecule has 0 bridgehead atoms. The fourth-order valence-electron chi connectivity index (χ4n) is 3.11. The first-order chi connectivity index (χ1) is 9.70. The van der Waals surface area contributed by atoms with E-state index >= 15 is 0 Å². The molecule has 2 aliphatic rings. The Labute approximate surface area is 122 Å². The molecule has 1 unspecified atom stereocenters. The number of hydrogen-bond acceptors (Lipinski definition) is 3. The summed E-state index contributed by atoms with van der Waals surface area (Å²) < 4.78 is 0. The maximum Gasteiger partial charge on any atom is 0.234 e. The van der Waals surface area contributed by atoms with E-state index in [0.29, 0.717) is 25.0 Å². The van der Waals surface area contributed by atoms with Crippen molar-refractivity contribution in [2.75, 3.05) is 26.7 Å². The number of nitrogens with one attached hydrogen (secondary N) is 1. The molecule has 4 heteroatoms. The van der Waals surface area contributed by atoms with Crippen molar-refractivity contribution in [1.29, 1.82) is 0 Å². The molecule has 2 aliphatic carbocycles. The Balaban J connectivity index is 1.63. The fraction of sp³-hybridized carbons (Fsp3) is 0.812. The van der Waals surface area contributed by atoms with Crippen LogP contribution in [-0.2, 0) is 4.79 Å². The summed E-state index contributed by atoms with van der Waals surface area (Å²) in [4.78, 5) is 14.1. The normalized spacial score (nSPS) is 20.6. The molecule has 4 nitrogen and oxygen atoms in total. The van der Waals surface area contributed by atoms with Crippen LogP contribution >= 0.6 is 0 Å². The Hall–Kier alpha value is -0.870. The zero-order valence-corrected chi connectivity index (χ0v) is 12.7. The van der Waals surface area contributed by atoms with Gasteiger partial charge in [-0.05, 0) is 57.9 Å². The molecule has 1 atom stereocenters. The van der Waals surface area contributed by atoms with Crippen molar-refractivity contribution in [1.82, 2.24) is 10.2 Å². The summed E-state index contributed by atoms with van der Waals surface area (Å²) in [5.74, 6) is 0.841. The summed E-state index contributed by atoms with van der Waals surface area (Å²) in [7, 11) is 2.01. The summed E-state index contributed by atoms with van der Waals surface area (Å²) >= 11 is 0. The zero-order valence-electron chi connectivity index (χ0n) is 12.7. The van der Waals surface area contributed by atoms with E-state index in [4.69, 9.17) is 5.73 Å². The van der Waals surface area contributed by atoms with Gasteiger partial charge < -0.3 is 11.1 Å². The molecule has 0 aliphatic heterocycles. The summed E-state index contributed by atoms with van der Waals surface area (Å²) in [6.45, 7) is 1.90. The molecule has 20 heavy (non-hydrogen) atoms. The Morgan fingerprint density at radius 1 is 1.50 bits per heavy atom. The second kappa shape index (κ2) is 7.79. The van der Waals surface area contributed by atoms with Gasteiger partial charge in [0.2, 0.25) is 5.91 Å². The molecule has 1 saturated carbocycles. The molecule has 0 aromatic heterocycles. The van der Waals surface area contributed by atoms with E-state index in [2.05, 4.69) is 16.3 Å². The van der Waals surface area contributed by atoms with Crippen LogP contribution < -0.4 is 11.1 Å². The van der Waals surface area contributed by atoms with Gasteiger partial charge in [-0.3, -0.25) is 9.69 Å². The minimum Gasteiger partial charge on any atom is -0.355 e. The van der Waals surface area contributed by atoms with Crippen molar-refractivity contribution in [3.8, 4) is 0 Å². The number of rotatable bonds is 8. The second-order valence-corrected chi connectivity index (χ2v) is 6.26. The van der Waals surface area contributed by atoms with E-state index < -0.39 is 0 Å². The third-order valence-corrected chi connectivity index (χ3v) is 4.52. The highest BCUT2D eigenvalue weighted by Crippen LogP contribution is 2.34. The molecule has 114 valence electrons. The number of carbonyl (C=O) groups is 1. The Morgan fingerprint density at radius 2 is 2.30 bits per heavy atom. The van der Waals surface area contributed by atoms with Gasteiger partial charge in [-0.15, -0.1) is 0 Å². The topological polar surface area (TPSA) is 58.4 Å². The predicted octanol–water partition coefficient (Wildman–Crippen LogP) is 1.66. The number of amides is 1. The van der Waals surface area contributed by atoms with Crippen molar-refractivity contribution in [2.24, 2.45) is 11.7 Å².